The van der Waals surface area contributed by atoms with E-state index in [1.807, 2.05) is 37.3 Å². The van der Waals surface area contributed by atoms with E-state index in [0.717, 1.165) is 34.0 Å². The van der Waals surface area contributed by atoms with Crippen LogP contribution in [0.1, 0.15) is 16.7 Å². The SMILES string of the molecule is [C-]#[N+]c1cnc(N(Cc2ccc(OC)cc2)Cc2ccc(OC)cc2)cc1C. The van der Waals surface area contributed by atoms with Crippen LogP contribution in [-0.2, 0) is 13.1 Å². The largest absolute Gasteiger partial charge is 0.497 e. The monoisotopic (exact) mass is 373 g/mol. The molecule has 2 aromatic carbocycles. The first kappa shape index (κ1) is 19.2. The summed E-state index contributed by atoms with van der Waals surface area (Å²) < 4.78 is 10.5. The van der Waals surface area contributed by atoms with Gasteiger partial charge < -0.3 is 14.4 Å². The van der Waals surface area contributed by atoms with Crippen LogP contribution in [0.2, 0.25) is 0 Å². The molecule has 0 aliphatic rings. The molecule has 3 aromatic rings. The summed E-state index contributed by atoms with van der Waals surface area (Å²) in [6.45, 7) is 10.6. The summed E-state index contributed by atoms with van der Waals surface area (Å²) in [5, 5.41) is 0. The van der Waals surface area contributed by atoms with Crippen molar-refractivity contribution < 1.29 is 9.47 Å². The van der Waals surface area contributed by atoms with Gasteiger partial charge in [-0.05, 0) is 53.9 Å². The van der Waals surface area contributed by atoms with Crippen LogP contribution in [0.4, 0.5) is 11.5 Å². The zero-order chi connectivity index (χ0) is 19.9. The molecule has 3 rings (SSSR count). The Balaban J connectivity index is 1.89. The molecular formula is C23H23N3O2. The fourth-order valence-electron chi connectivity index (χ4n) is 2.94. The van der Waals surface area contributed by atoms with Gasteiger partial charge >= 0.3 is 0 Å². The fraction of sp³-hybridized carbons (Fsp3) is 0.217. The summed E-state index contributed by atoms with van der Waals surface area (Å²) in [6.07, 6.45) is 1.65. The average molecular weight is 373 g/mol. The van der Waals surface area contributed by atoms with Gasteiger partial charge in [-0.3, -0.25) is 4.98 Å². The summed E-state index contributed by atoms with van der Waals surface area (Å²) in [6, 6.07) is 18.0. The Kier molecular flexibility index (Phi) is 6.13. The van der Waals surface area contributed by atoms with Gasteiger partial charge in [0.05, 0.1) is 20.8 Å². The molecule has 0 amide bonds. The summed E-state index contributed by atoms with van der Waals surface area (Å²) in [7, 11) is 3.33. The lowest BCUT2D eigenvalue weighted by Gasteiger charge is -2.25. The molecule has 0 spiro atoms. The first-order chi connectivity index (χ1) is 13.6. The molecule has 5 heteroatoms. The Hall–Kier alpha value is -3.52. The summed E-state index contributed by atoms with van der Waals surface area (Å²) in [5.74, 6) is 2.51. The zero-order valence-corrected chi connectivity index (χ0v) is 16.3. The number of rotatable bonds is 7. The molecule has 0 atom stereocenters. The summed E-state index contributed by atoms with van der Waals surface area (Å²) >= 11 is 0. The lowest BCUT2D eigenvalue weighted by atomic mass is 10.1. The predicted octanol–water partition coefficient (Wildman–Crippen LogP) is 5.16. The second kappa shape index (κ2) is 8.92. The van der Waals surface area contributed by atoms with Gasteiger partial charge in [-0.2, -0.15) is 0 Å². The molecule has 1 heterocycles. The third kappa shape index (κ3) is 4.60. The number of nitrogens with zero attached hydrogens (tertiary/aromatic N) is 3. The van der Waals surface area contributed by atoms with Gasteiger partial charge in [0, 0.05) is 19.3 Å². The third-order valence-corrected chi connectivity index (χ3v) is 4.58. The number of pyridine rings is 1. The van der Waals surface area contributed by atoms with E-state index in [-0.39, 0.29) is 0 Å². The van der Waals surface area contributed by atoms with Gasteiger partial charge in [0.2, 0.25) is 5.69 Å². The Morgan fingerprint density at radius 1 is 0.893 bits per heavy atom. The van der Waals surface area contributed by atoms with E-state index in [1.54, 1.807) is 20.4 Å². The van der Waals surface area contributed by atoms with Crippen molar-refractivity contribution in [2.24, 2.45) is 0 Å². The van der Waals surface area contributed by atoms with Crippen molar-refractivity contribution in [3.63, 3.8) is 0 Å². The first-order valence-electron chi connectivity index (χ1n) is 8.98. The molecule has 0 radical (unpaired) electrons. The van der Waals surface area contributed by atoms with Crippen LogP contribution in [-0.4, -0.2) is 19.2 Å². The molecule has 0 bridgehead atoms. The second-order valence-electron chi connectivity index (χ2n) is 6.49. The number of methoxy groups -OCH3 is 2. The smallest absolute Gasteiger partial charge is 0.208 e. The summed E-state index contributed by atoms with van der Waals surface area (Å²) in [5.41, 5.74) is 3.82. The van der Waals surface area contributed by atoms with E-state index in [4.69, 9.17) is 16.0 Å². The minimum Gasteiger partial charge on any atom is -0.497 e. The van der Waals surface area contributed by atoms with E-state index in [0.29, 0.717) is 18.8 Å². The first-order valence-corrected chi connectivity index (χ1v) is 8.98. The minimum atomic E-state index is 0.581. The lowest BCUT2D eigenvalue weighted by molar-refractivity contribution is 0.414. The van der Waals surface area contributed by atoms with Crippen molar-refractivity contribution in [2.45, 2.75) is 20.0 Å². The molecule has 0 N–H and O–H groups in total. The molecule has 142 valence electrons. The van der Waals surface area contributed by atoms with E-state index < -0.39 is 0 Å². The van der Waals surface area contributed by atoms with Crippen molar-refractivity contribution in [1.82, 2.24) is 4.98 Å². The Bertz CT molecular complexity index is 911. The number of anilines is 1. The van der Waals surface area contributed by atoms with Gasteiger partial charge in [-0.1, -0.05) is 24.3 Å². The van der Waals surface area contributed by atoms with Crippen LogP contribution in [0.15, 0.2) is 60.8 Å². The highest BCUT2D eigenvalue weighted by Gasteiger charge is 2.12. The van der Waals surface area contributed by atoms with Crippen LogP contribution in [0.3, 0.4) is 0 Å². The molecule has 0 saturated heterocycles. The van der Waals surface area contributed by atoms with Gasteiger partial charge in [0.1, 0.15) is 17.3 Å². The van der Waals surface area contributed by atoms with Crippen LogP contribution in [0, 0.1) is 13.5 Å². The average Bonchev–Trinajstić information content (AvgIpc) is 2.74. The summed E-state index contributed by atoms with van der Waals surface area (Å²) in [4.78, 5) is 10.2. The number of hydrogen-bond acceptors (Lipinski definition) is 4. The molecule has 5 nitrogen and oxygen atoms in total. The number of benzene rings is 2. The normalized spacial score (nSPS) is 10.2. The molecule has 0 unspecified atom stereocenters. The van der Waals surface area contributed by atoms with E-state index in [2.05, 4.69) is 39.0 Å². The lowest BCUT2D eigenvalue weighted by Crippen LogP contribution is -2.23. The van der Waals surface area contributed by atoms with Crippen LogP contribution in [0.5, 0.6) is 11.5 Å². The maximum absolute atomic E-state index is 7.25. The minimum absolute atomic E-state index is 0.581. The highest BCUT2D eigenvalue weighted by Crippen LogP contribution is 2.25. The van der Waals surface area contributed by atoms with Gasteiger partial charge in [0.25, 0.3) is 0 Å². The van der Waals surface area contributed by atoms with Crippen molar-refractivity contribution >= 4 is 11.5 Å². The molecule has 0 saturated carbocycles. The third-order valence-electron chi connectivity index (χ3n) is 4.58. The van der Waals surface area contributed by atoms with E-state index >= 15 is 0 Å². The van der Waals surface area contributed by atoms with Crippen molar-refractivity contribution in [3.8, 4) is 11.5 Å². The molecule has 1 aromatic heterocycles. The van der Waals surface area contributed by atoms with E-state index in [9.17, 15) is 0 Å². The van der Waals surface area contributed by atoms with E-state index in [1.165, 1.54) is 0 Å². The quantitative estimate of drug-likeness (QED) is 0.536. The Morgan fingerprint density at radius 3 is 1.79 bits per heavy atom. The molecule has 0 aliphatic carbocycles. The Morgan fingerprint density at radius 2 is 1.39 bits per heavy atom. The van der Waals surface area contributed by atoms with Crippen molar-refractivity contribution in [1.29, 1.82) is 0 Å². The topological polar surface area (TPSA) is 39.0 Å². The van der Waals surface area contributed by atoms with Crippen LogP contribution >= 0.6 is 0 Å². The number of aromatic nitrogens is 1. The highest BCUT2D eigenvalue weighted by atomic mass is 16.5. The number of ether oxygens (including phenoxy) is 2. The second-order valence-corrected chi connectivity index (χ2v) is 6.49. The molecular weight excluding hydrogens is 350 g/mol. The van der Waals surface area contributed by atoms with Crippen LogP contribution < -0.4 is 14.4 Å². The van der Waals surface area contributed by atoms with Gasteiger partial charge in [0.15, 0.2) is 0 Å². The maximum atomic E-state index is 7.25. The Labute approximate surface area is 166 Å². The van der Waals surface area contributed by atoms with Gasteiger partial charge in [-0.15, -0.1) is 0 Å². The van der Waals surface area contributed by atoms with Crippen molar-refractivity contribution in [3.05, 3.63) is 88.9 Å². The highest BCUT2D eigenvalue weighted by molar-refractivity contribution is 5.56. The standard InChI is InChI=1S/C23H23N3O2/c1-17-13-23(25-14-22(17)24-2)26(15-18-5-9-20(27-3)10-6-18)16-19-7-11-21(28-4)12-8-19/h5-14H,15-16H2,1,3-4H3. The fourth-order valence-corrected chi connectivity index (χ4v) is 2.94. The van der Waals surface area contributed by atoms with Crippen molar-refractivity contribution in [2.75, 3.05) is 19.1 Å². The molecule has 0 fully saturated rings. The number of aryl methyl sites for hydroxylation is 1. The molecule has 28 heavy (non-hydrogen) atoms. The van der Waals surface area contributed by atoms with Crippen LogP contribution in [0.25, 0.3) is 4.85 Å². The maximum Gasteiger partial charge on any atom is 0.208 e. The zero-order valence-electron chi connectivity index (χ0n) is 16.3. The predicted molar refractivity (Wildman–Crippen MR) is 111 cm³/mol. The number of hydrogen-bond donors (Lipinski definition) is 0. The van der Waals surface area contributed by atoms with Gasteiger partial charge in [-0.25, -0.2) is 4.85 Å². The molecule has 0 aliphatic heterocycles.